The SMILES string of the molecule is COc1c(Cl)ncnc1NC1CCC(C)C(C)C1. The van der Waals surface area contributed by atoms with Crippen LogP contribution in [0.2, 0.25) is 5.15 Å². The van der Waals surface area contributed by atoms with Crippen LogP contribution in [0.1, 0.15) is 33.1 Å². The summed E-state index contributed by atoms with van der Waals surface area (Å²) in [6.45, 7) is 4.63. The van der Waals surface area contributed by atoms with E-state index in [1.807, 2.05) is 0 Å². The average molecular weight is 270 g/mol. The van der Waals surface area contributed by atoms with Gasteiger partial charge in [-0.2, -0.15) is 0 Å². The van der Waals surface area contributed by atoms with Crippen molar-refractivity contribution in [2.75, 3.05) is 12.4 Å². The number of nitrogens with one attached hydrogen (secondary N) is 1. The summed E-state index contributed by atoms with van der Waals surface area (Å²) in [5, 5.41) is 3.79. The quantitative estimate of drug-likeness (QED) is 0.855. The second kappa shape index (κ2) is 5.74. The molecular weight excluding hydrogens is 250 g/mol. The van der Waals surface area contributed by atoms with Gasteiger partial charge < -0.3 is 10.1 Å². The van der Waals surface area contributed by atoms with Crippen molar-refractivity contribution in [3.05, 3.63) is 11.5 Å². The molecule has 0 spiro atoms. The highest BCUT2D eigenvalue weighted by molar-refractivity contribution is 6.31. The Balaban J connectivity index is 2.08. The highest BCUT2D eigenvalue weighted by Gasteiger charge is 2.25. The highest BCUT2D eigenvalue weighted by atomic mass is 35.5. The maximum absolute atomic E-state index is 5.98. The lowest BCUT2D eigenvalue weighted by Gasteiger charge is -2.33. The van der Waals surface area contributed by atoms with Crippen molar-refractivity contribution in [2.24, 2.45) is 11.8 Å². The zero-order valence-electron chi connectivity index (χ0n) is 11.1. The molecule has 0 bridgehead atoms. The number of nitrogens with zero attached hydrogens (tertiary/aromatic N) is 2. The van der Waals surface area contributed by atoms with E-state index >= 15 is 0 Å². The normalized spacial score (nSPS) is 27.9. The first-order valence-electron chi connectivity index (χ1n) is 6.42. The molecule has 1 aromatic rings. The minimum Gasteiger partial charge on any atom is -0.490 e. The molecule has 3 unspecified atom stereocenters. The summed E-state index contributed by atoms with van der Waals surface area (Å²) in [5.41, 5.74) is 0. The maximum Gasteiger partial charge on any atom is 0.198 e. The zero-order chi connectivity index (χ0) is 13.1. The predicted octanol–water partition coefficient (Wildman–Crippen LogP) is 3.38. The third kappa shape index (κ3) is 2.86. The molecule has 0 aliphatic heterocycles. The minimum atomic E-state index is 0.354. The standard InChI is InChI=1S/C13H20ClN3O/c1-8-4-5-10(6-9(8)2)17-13-11(18-3)12(14)15-7-16-13/h7-10H,4-6H2,1-3H3,(H,15,16,17). The van der Waals surface area contributed by atoms with E-state index in [0.29, 0.717) is 22.8 Å². The van der Waals surface area contributed by atoms with E-state index in [-0.39, 0.29) is 0 Å². The van der Waals surface area contributed by atoms with Crippen LogP contribution in [0.15, 0.2) is 6.33 Å². The third-order valence-corrected chi connectivity index (χ3v) is 4.17. The molecule has 1 aliphatic carbocycles. The molecular formula is C13H20ClN3O. The van der Waals surface area contributed by atoms with Crippen LogP contribution in [0.4, 0.5) is 5.82 Å². The number of rotatable bonds is 3. The number of hydrogen-bond donors (Lipinski definition) is 1. The molecule has 4 nitrogen and oxygen atoms in total. The molecule has 5 heteroatoms. The van der Waals surface area contributed by atoms with Gasteiger partial charge in [0.25, 0.3) is 0 Å². The number of aromatic nitrogens is 2. The first kappa shape index (κ1) is 13.4. The van der Waals surface area contributed by atoms with Crippen molar-refractivity contribution in [3.63, 3.8) is 0 Å². The Morgan fingerprint density at radius 3 is 2.72 bits per heavy atom. The first-order valence-corrected chi connectivity index (χ1v) is 6.80. The zero-order valence-corrected chi connectivity index (χ0v) is 11.9. The van der Waals surface area contributed by atoms with Gasteiger partial charge >= 0.3 is 0 Å². The lowest BCUT2D eigenvalue weighted by atomic mass is 9.79. The summed E-state index contributed by atoms with van der Waals surface area (Å²) >= 11 is 5.98. The smallest absolute Gasteiger partial charge is 0.198 e. The average Bonchev–Trinajstić information content (AvgIpc) is 2.34. The van der Waals surface area contributed by atoms with Crippen molar-refractivity contribution in [2.45, 2.75) is 39.2 Å². The molecule has 1 aliphatic rings. The summed E-state index contributed by atoms with van der Waals surface area (Å²) in [7, 11) is 1.58. The molecule has 0 aromatic carbocycles. The lowest BCUT2D eigenvalue weighted by molar-refractivity contribution is 0.260. The maximum atomic E-state index is 5.98. The van der Waals surface area contributed by atoms with Crippen LogP contribution in [0.3, 0.4) is 0 Å². The molecule has 100 valence electrons. The molecule has 1 saturated carbocycles. The van der Waals surface area contributed by atoms with E-state index < -0.39 is 0 Å². The molecule has 0 radical (unpaired) electrons. The van der Waals surface area contributed by atoms with Crippen molar-refractivity contribution in [1.82, 2.24) is 9.97 Å². The van der Waals surface area contributed by atoms with Gasteiger partial charge in [0.1, 0.15) is 6.33 Å². The molecule has 0 saturated heterocycles. The van der Waals surface area contributed by atoms with Crippen LogP contribution in [0.25, 0.3) is 0 Å². The fourth-order valence-corrected chi connectivity index (χ4v) is 2.72. The van der Waals surface area contributed by atoms with Crippen LogP contribution in [0.5, 0.6) is 5.75 Å². The van der Waals surface area contributed by atoms with Gasteiger partial charge in [0.2, 0.25) is 0 Å². The lowest BCUT2D eigenvalue weighted by Crippen LogP contribution is -2.30. The van der Waals surface area contributed by atoms with Gasteiger partial charge in [-0.15, -0.1) is 0 Å². The van der Waals surface area contributed by atoms with Gasteiger partial charge in [-0.05, 0) is 31.1 Å². The predicted molar refractivity (Wildman–Crippen MR) is 73.2 cm³/mol. The van der Waals surface area contributed by atoms with Crippen LogP contribution in [-0.4, -0.2) is 23.1 Å². The summed E-state index contributed by atoms with van der Waals surface area (Å²) in [5.74, 6) is 2.77. The molecule has 1 heterocycles. The Kier molecular flexibility index (Phi) is 4.27. The summed E-state index contributed by atoms with van der Waals surface area (Å²) in [6, 6.07) is 0.441. The molecule has 1 N–H and O–H groups in total. The van der Waals surface area contributed by atoms with Gasteiger partial charge in [0.05, 0.1) is 7.11 Å². The van der Waals surface area contributed by atoms with Crippen LogP contribution in [-0.2, 0) is 0 Å². The molecule has 2 rings (SSSR count). The number of halogens is 1. The Morgan fingerprint density at radius 1 is 1.28 bits per heavy atom. The van der Waals surface area contributed by atoms with Gasteiger partial charge in [-0.1, -0.05) is 25.4 Å². The molecule has 3 atom stereocenters. The van der Waals surface area contributed by atoms with E-state index in [0.717, 1.165) is 24.7 Å². The fourth-order valence-electron chi connectivity index (χ4n) is 2.51. The van der Waals surface area contributed by atoms with E-state index in [1.54, 1.807) is 7.11 Å². The van der Waals surface area contributed by atoms with E-state index in [4.69, 9.17) is 16.3 Å². The Hall–Kier alpha value is -1.03. The van der Waals surface area contributed by atoms with Crippen LogP contribution >= 0.6 is 11.6 Å². The second-order valence-electron chi connectivity index (χ2n) is 5.16. The van der Waals surface area contributed by atoms with Gasteiger partial charge in [0.15, 0.2) is 16.7 Å². The van der Waals surface area contributed by atoms with E-state index in [1.165, 1.54) is 12.7 Å². The van der Waals surface area contributed by atoms with Gasteiger partial charge in [0, 0.05) is 6.04 Å². The third-order valence-electron chi connectivity index (χ3n) is 3.90. The Morgan fingerprint density at radius 2 is 2.06 bits per heavy atom. The molecule has 18 heavy (non-hydrogen) atoms. The molecule has 1 fully saturated rings. The van der Waals surface area contributed by atoms with Crippen molar-refractivity contribution in [1.29, 1.82) is 0 Å². The summed E-state index contributed by atoms with van der Waals surface area (Å²) in [6.07, 6.45) is 5.03. The number of hydrogen-bond acceptors (Lipinski definition) is 4. The number of ether oxygens (including phenoxy) is 1. The van der Waals surface area contributed by atoms with Crippen molar-refractivity contribution >= 4 is 17.4 Å². The topological polar surface area (TPSA) is 47.0 Å². The van der Waals surface area contributed by atoms with Crippen LogP contribution < -0.4 is 10.1 Å². The van der Waals surface area contributed by atoms with Crippen molar-refractivity contribution < 1.29 is 4.74 Å². The van der Waals surface area contributed by atoms with E-state index in [2.05, 4.69) is 29.1 Å². The minimum absolute atomic E-state index is 0.354. The monoisotopic (exact) mass is 269 g/mol. The first-order chi connectivity index (χ1) is 8.61. The fraction of sp³-hybridized carbons (Fsp3) is 0.692. The van der Waals surface area contributed by atoms with Gasteiger partial charge in [-0.25, -0.2) is 9.97 Å². The van der Waals surface area contributed by atoms with Crippen molar-refractivity contribution in [3.8, 4) is 5.75 Å². The number of anilines is 1. The van der Waals surface area contributed by atoms with Crippen LogP contribution in [0, 0.1) is 11.8 Å². The second-order valence-corrected chi connectivity index (χ2v) is 5.51. The summed E-state index contributed by atoms with van der Waals surface area (Å²) < 4.78 is 5.25. The largest absolute Gasteiger partial charge is 0.490 e. The molecule has 1 aromatic heterocycles. The van der Waals surface area contributed by atoms with E-state index in [9.17, 15) is 0 Å². The highest BCUT2D eigenvalue weighted by Crippen LogP contribution is 2.34. The van der Waals surface area contributed by atoms with Gasteiger partial charge in [-0.3, -0.25) is 0 Å². The Bertz CT molecular complexity index is 413. The Labute approximate surface area is 113 Å². The molecule has 0 amide bonds. The number of methoxy groups -OCH3 is 1. The summed E-state index contributed by atoms with van der Waals surface area (Å²) in [4.78, 5) is 8.14.